The van der Waals surface area contributed by atoms with Crippen LogP contribution >= 0.6 is 11.3 Å². The summed E-state index contributed by atoms with van der Waals surface area (Å²) in [5.74, 6) is 0.392. The molecular weight excluding hydrogens is 270 g/mol. The van der Waals surface area contributed by atoms with Crippen molar-refractivity contribution >= 4 is 21.5 Å². The molecule has 0 saturated carbocycles. The lowest BCUT2D eigenvalue weighted by Gasteiger charge is -2.18. The maximum absolute atomic E-state index is 11.8. The quantitative estimate of drug-likeness (QED) is 0.807. The van der Waals surface area contributed by atoms with Gasteiger partial charge in [-0.1, -0.05) is 20.8 Å². The number of thiazole rings is 1. The van der Waals surface area contributed by atoms with Crippen molar-refractivity contribution in [2.45, 2.75) is 40.2 Å². The number of hydrogen-bond donors (Lipinski definition) is 2. The van der Waals surface area contributed by atoms with E-state index in [4.69, 9.17) is 0 Å². The fourth-order valence-corrected chi connectivity index (χ4v) is 3.60. The summed E-state index contributed by atoms with van der Waals surface area (Å²) in [6.45, 7) is 8.17. The minimum Gasteiger partial charge on any atom is -0.245 e. The number of nitrogens with one attached hydrogen (secondary N) is 2. The van der Waals surface area contributed by atoms with E-state index in [1.165, 1.54) is 11.3 Å². The zero-order valence-electron chi connectivity index (χ0n) is 11.2. The fourth-order valence-electron chi connectivity index (χ4n) is 1.62. The molecule has 0 amide bonds. The highest BCUT2D eigenvalue weighted by atomic mass is 32.2. The molecule has 0 aliphatic rings. The summed E-state index contributed by atoms with van der Waals surface area (Å²) < 4.78 is 28.6. The second kappa shape index (κ2) is 6.60. The zero-order valence-corrected chi connectivity index (χ0v) is 12.9. The molecule has 1 rings (SSSR count). The van der Waals surface area contributed by atoms with Gasteiger partial charge in [0.25, 0.3) is 10.2 Å². The molecule has 0 spiro atoms. The van der Waals surface area contributed by atoms with Crippen molar-refractivity contribution in [1.29, 1.82) is 0 Å². The van der Waals surface area contributed by atoms with Gasteiger partial charge in [-0.25, -0.2) is 9.71 Å². The summed E-state index contributed by atoms with van der Waals surface area (Å²) in [6.07, 6.45) is 0.734. The molecule has 1 atom stereocenters. The number of rotatable bonds is 7. The van der Waals surface area contributed by atoms with E-state index < -0.39 is 10.2 Å². The first kappa shape index (κ1) is 15.6. The Balaban J connectivity index is 2.86. The summed E-state index contributed by atoms with van der Waals surface area (Å²) in [5.41, 5.74) is 0.923. The Morgan fingerprint density at radius 2 is 2.11 bits per heavy atom. The minimum atomic E-state index is -3.45. The Labute approximate surface area is 113 Å². The van der Waals surface area contributed by atoms with Gasteiger partial charge in [-0.2, -0.15) is 13.1 Å². The Bertz CT molecular complexity index is 468. The van der Waals surface area contributed by atoms with Crippen LogP contribution < -0.4 is 9.44 Å². The molecule has 0 saturated heterocycles. The van der Waals surface area contributed by atoms with Crippen LogP contribution in [0.15, 0.2) is 5.38 Å². The number of nitrogens with zero attached hydrogens (tertiary/aromatic N) is 1. The number of aryl methyl sites for hydroxylation is 1. The third-order valence-electron chi connectivity index (χ3n) is 2.27. The third-order valence-corrected chi connectivity index (χ3v) is 4.61. The van der Waals surface area contributed by atoms with E-state index in [-0.39, 0.29) is 6.04 Å². The van der Waals surface area contributed by atoms with Crippen LogP contribution in [0.4, 0.5) is 0 Å². The predicted molar refractivity (Wildman–Crippen MR) is 74.8 cm³/mol. The highest BCUT2D eigenvalue weighted by Crippen LogP contribution is 2.24. The molecule has 104 valence electrons. The van der Waals surface area contributed by atoms with E-state index in [1.807, 2.05) is 12.3 Å². The van der Waals surface area contributed by atoms with Crippen molar-refractivity contribution in [1.82, 2.24) is 14.4 Å². The highest BCUT2D eigenvalue weighted by molar-refractivity contribution is 7.87. The molecule has 0 aliphatic carbocycles. The topological polar surface area (TPSA) is 71.1 Å². The zero-order chi connectivity index (χ0) is 13.8. The molecule has 0 aromatic carbocycles. The smallest absolute Gasteiger partial charge is 0.245 e. The van der Waals surface area contributed by atoms with Crippen molar-refractivity contribution in [3.63, 3.8) is 0 Å². The van der Waals surface area contributed by atoms with Crippen LogP contribution in [0, 0.1) is 12.8 Å². The van der Waals surface area contributed by atoms with E-state index in [0.717, 1.165) is 17.1 Å². The van der Waals surface area contributed by atoms with E-state index in [9.17, 15) is 8.42 Å². The van der Waals surface area contributed by atoms with Gasteiger partial charge in [-0.05, 0) is 19.3 Å². The average Bonchev–Trinajstić information content (AvgIpc) is 2.62. The molecule has 0 bridgehead atoms. The van der Waals surface area contributed by atoms with Crippen LogP contribution in [0.2, 0.25) is 0 Å². The first-order chi connectivity index (χ1) is 8.34. The second-order valence-electron chi connectivity index (χ2n) is 4.63. The maximum atomic E-state index is 11.8. The van der Waals surface area contributed by atoms with E-state index in [2.05, 4.69) is 28.3 Å². The summed E-state index contributed by atoms with van der Waals surface area (Å²) in [5, 5.41) is 2.76. The standard InChI is InChI=1S/C11H21N3O2S2/c1-5-12-18(15,16)14-10(6-8(2)3)11-13-9(4)7-17-11/h7-8,10,12,14H,5-6H2,1-4H3. The molecule has 0 aliphatic heterocycles. The van der Waals surface area contributed by atoms with Gasteiger partial charge in [-0.15, -0.1) is 11.3 Å². The lowest BCUT2D eigenvalue weighted by molar-refractivity contribution is 0.467. The molecule has 0 radical (unpaired) electrons. The van der Waals surface area contributed by atoms with Gasteiger partial charge in [0, 0.05) is 17.6 Å². The Morgan fingerprint density at radius 1 is 1.44 bits per heavy atom. The third kappa shape index (κ3) is 5.01. The minimum absolute atomic E-state index is 0.257. The summed E-state index contributed by atoms with van der Waals surface area (Å²) in [6, 6.07) is -0.257. The first-order valence-electron chi connectivity index (χ1n) is 6.03. The largest absolute Gasteiger partial charge is 0.277 e. The van der Waals surface area contributed by atoms with E-state index >= 15 is 0 Å². The van der Waals surface area contributed by atoms with Crippen LogP contribution in [-0.4, -0.2) is 19.9 Å². The first-order valence-corrected chi connectivity index (χ1v) is 8.39. The molecule has 0 fully saturated rings. The molecule has 1 unspecified atom stereocenters. The van der Waals surface area contributed by atoms with Crippen LogP contribution in [0.25, 0.3) is 0 Å². The summed E-state index contributed by atoms with van der Waals surface area (Å²) >= 11 is 1.49. The Hall–Kier alpha value is -0.500. The van der Waals surface area contributed by atoms with Crippen LogP contribution in [0.5, 0.6) is 0 Å². The van der Waals surface area contributed by atoms with Crippen molar-refractivity contribution in [3.05, 3.63) is 16.1 Å². The summed E-state index contributed by atoms with van der Waals surface area (Å²) in [4.78, 5) is 4.37. The van der Waals surface area contributed by atoms with Crippen molar-refractivity contribution in [3.8, 4) is 0 Å². The number of hydrogen-bond acceptors (Lipinski definition) is 4. The summed E-state index contributed by atoms with van der Waals surface area (Å²) in [7, 11) is -3.45. The second-order valence-corrected chi connectivity index (χ2v) is 7.05. The normalized spacial score (nSPS) is 14.1. The molecular formula is C11H21N3O2S2. The Kier molecular flexibility index (Phi) is 5.71. The van der Waals surface area contributed by atoms with E-state index in [0.29, 0.717) is 12.5 Å². The van der Waals surface area contributed by atoms with Gasteiger partial charge >= 0.3 is 0 Å². The highest BCUT2D eigenvalue weighted by Gasteiger charge is 2.22. The SMILES string of the molecule is CCNS(=O)(=O)NC(CC(C)C)c1nc(C)cs1. The van der Waals surface area contributed by atoms with Crippen LogP contribution in [-0.2, 0) is 10.2 Å². The van der Waals surface area contributed by atoms with Crippen molar-refractivity contribution < 1.29 is 8.42 Å². The monoisotopic (exact) mass is 291 g/mol. The Morgan fingerprint density at radius 3 is 2.56 bits per heavy atom. The lowest BCUT2D eigenvalue weighted by Crippen LogP contribution is -2.39. The van der Waals surface area contributed by atoms with Gasteiger partial charge in [0.15, 0.2) is 0 Å². The molecule has 1 aromatic heterocycles. The molecule has 1 aromatic rings. The maximum Gasteiger partial charge on any atom is 0.277 e. The average molecular weight is 291 g/mol. The molecule has 7 heteroatoms. The van der Waals surface area contributed by atoms with Crippen LogP contribution in [0.3, 0.4) is 0 Å². The molecule has 18 heavy (non-hydrogen) atoms. The van der Waals surface area contributed by atoms with Gasteiger partial charge < -0.3 is 0 Å². The fraction of sp³-hybridized carbons (Fsp3) is 0.727. The van der Waals surface area contributed by atoms with E-state index in [1.54, 1.807) is 6.92 Å². The van der Waals surface area contributed by atoms with Crippen molar-refractivity contribution in [2.24, 2.45) is 5.92 Å². The van der Waals surface area contributed by atoms with Crippen molar-refractivity contribution in [2.75, 3.05) is 6.54 Å². The van der Waals surface area contributed by atoms with Gasteiger partial charge in [0.2, 0.25) is 0 Å². The predicted octanol–water partition coefficient (Wildman–Crippen LogP) is 1.98. The molecule has 5 nitrogen and oxygen atoms in total. The van der Waals surface area contributed by atoms with Crippen LogP contribution in [0.1, 0.15) is 43.9 Å². The number of aromatic nitrogens is 1. The molecule has 2 N–H and O–H groups in total. The lowest BCUT2D eigenvalue weighted by atomic mass is 10.1. The van der Waals surface area contributed by atoms with Gasteiger partial charge in [-0.3, -0.25) is 0 Å². The van der Waals surface area contributed by atoms with Gasteiger partial charge in [0.1, 0.15) is 5.01 Å². The van der Waals surface area contributed by atoms with Gasteiger partial charge in [0.05, 0.1) is 6.04 Å². The molecule has 1 heterocycles.